The van der Waals surface area contributed by atoms with E-state index in [4.69, 9.17) is 0 Å². The van der Waals surface area contributed by atoms with Crippen molar-refractivity contribution in [2.24, 2.45) is 11.8 Å². The van der Waals surface area contributed by atoms with Gasteiger partial charge in [0.05, 0.1) is 0 Å². The molecule has 18 heavy (non-hydrogen) atoms. The summed E-state index contributed by atoms with van der Waals surface area (Å²) in [5.74, 6) is 1.82. The third-order valence-electron chi connectivity index (χ3n) is 4.55. The van der Waals surface area contributed by atoms with Gasteiger partial charge in [0.2, 0.25) is 0 Å². The van der Waals surface area contributed by atoms with E-state index in [1.54, 1.807) is 6.07 Å². The zero-order valence-electron chi connectivity index (χ0n) is 11.1. The van der Waals surface area contributed by atoms with Crippen LogP contribution in [0.3, 0.4) is 0 Å². The lowest BCUT2D eigenvalue weighted by atomic mass is 9.82. The fraction of sp³-hybridized carbons (Fsp3) is 0.625. The molecule has 2 aliphatic rings. The maximum absolute atomic E-state index is 13.5. The molecule has 1 N–H and O–H groups in total. The normalized spacial score (nSPS) is 28.1. The largest absolute Gasteiger partial charge is 0.382 e. The second-order valence-corrected chi connectivity index (χ2v) is 6.07. The number of hydrogen-bond acceptors (Lipinski definition) is 1. The summed E-state index contributed by atoms with van der Waals surface area (Å²) in [5, 5.41) is 3.52. The molecule has 1 nitrogen and oxygen atoms in total. The zero-order chi connectivity index (χ0) is 12.5. The molecule has 2 unspecified atom stereocenters. The van der Waals surface area contributed by atoms with E-state index in [2.05, 4.69) is 5.32 Å². The van der Waals surface area contributed by atoms with Gasteiger partial charge in [-0.1, -0.05) is 18.9 Å². The number of halogens is 1. The van der Waals surface area contributed by atoms with Gasteiger partial charge in [-0.2, -0.15) is 0 Å². The zero-order valence-corrected chi connectivity index (χ0v) is 11.1. The van der Waals surface area contributed by atoms with E-state index < -0.39 is 0 Å². The Labute approximate surface area is 109 Å². The number of benzene rings is 1. The van der Waals surface area contributed by atoms with Crippen molar-refractivity contribution in [3.05, 3.63) is 29.6 Å². The second-order valence-electron chi connectivity index (χ2n) is 6.07. The van der Waals surface area contributed by atoms with Crippen LogP contribution >= 0.6 is 0 Å². The first kappa shape index (κ1) is 12.0. The lowest BCUT2D eigenvalue weighted by molar-refractivity contribution is 0.303. The van der Waals surface area contributed by atoms with Gasteiger partial charge in [0.15, 0.2) is 0 Å². The van der Waals surface area contributed by atoms with Gasteiger partial charge < -0.3 is 5.32 Å². The molecule has 1 aromatic rings. The Bertz CT molecular complexity index is 425. The SMILES string of the molecule is Cc1ccc(NC2CCCC(C3CC3)C2)cc1F. The van der Waals surface area contributed by atoms with Crippen molar-refractivity contribution in [2.75, 3.05) is 5.32 Å². The summed E-state index contributed by atoms with van der Waals surface area (Å²) in [5.41, 5.74) is 1.67. The van der Waals surface area contributed by atoms with Gasteiger partial charge in [0.1, 0.15) is 5.82 Å². The van der Waals surface area contributed by atoms with Crippen LogP contribution in [0.25, 0.3) is 0 Å². The molecule has 0 bridgehead atoms. The van der Waals surface area contributed by atoms with Crippen LogP contribution < -0.4 is 5.32 Å². The molecule has 0 aromatic heterocycles. The molecule has 2 atom stereocenters. The maximum atomic E-state index is 13.5. The van der Waals surface area contributed by atoms with Gasteiger partial charge in [-0.15, -0.1) is 0 Å². The first-order valence-electron chi connectivity index (χ1n) is 7.25. The van der Waals surface area contributed by atoms with Crippen molar-refractivity contribution in [2.45, 2.75) is 51.5 Å². The molecule has 2 heteroatoms. The second kappa shape index (κ2) is 4.91. The molecule has 1 aromatic carbocycles. The minimum absolute atomic E-state index is 0.102. The van der Waals surface area contributed by atoms with Crippen LogP contribution in [0.5, 0.6) is 0 Å². The predicted octanol–water partition coefficient (Wildman–Crippen LogP) is 4.51. The van der Waals surface area contributed by atoms with Crippen LogP contribution in [0.2, 0.25) is 0 Å². The fourth-order valence-electron chi connectivity index (χ4n) is 3.27. The first-order chi connectivity index (χ1) is 8.72. The smallest absolute Gasteiger partial charge is 0.128 e. The minimum Gasteiger partial charge on any atom is -0.382 e. The molecule has 3 rings (SSSR count). The van der Waals surface area contributed by atoms with Crippen LogP contribution in [0, 0.1) is 24.6 Å². The molecular weight excluding hydrogens is 225 g/mol. The van der Waals surface area contributed by atoms with Crippen LogP contribution in [-0.2, 0) is 0 Å². The average molecular weight is 247 g/mol. The van der Waals surface area contributed by atoms with E-state index in [-0.39, 0.29) is 5.82 Å². The van der Waals surface area contributed by atoms with Crippen LogP contribution in [0.15, 0.2) is 18.2 Å². The lowest BCUT2D eigenvalue weighted by Gasteiger charge is -2.30. The van der Waals surface area contributed by atoms with Gasteiger partial charge in [0.25, 0.3) is 0 Å². The predicted molar refractivity (Wildman–Crippen MR) is 73.2 cm³/mol. The lowest BCUT2D eigenvalue weighted by Crippen LogP contribution is -2.28. The molecule has 0 aliphatic heterocycles. The van der Waals surface area contributed by atoms with Gasteiger partial charge >= 0.3 is 0 Å². The Morgan fingerprint density at radius 3 is 2.67 bits per heavy atom. The third-order valence-corrected chi connectivity index (χ3v) is 4.55. The Balaban J connectivity index is 1.62. The van der Waals surface area contributed by atoms with E-state index in [1.165, 1.54) is 38.5 Å². The molecule has 0 amide bonds. The van der Waals surface area contributed by atoms with E-state index >= 15 is 0 Å². The van der Waals surface area contributed by atoms with E-state index in [9.17, 15) is 4.39 Å². The Hall–Kier alpha value is -1.05. The molecular formula is C16H22FN. The van der Waals surface area contributed by atoms with Gasteiger partial charge in [0, 0.05) is 11.7 Å². The summed E-state index contributed by atoms with van der Waals surface area (Å²) in [7, 11) is 0. The van der Waals surface area contributed by atoms with Crippen molar-refractivity contribution in [3.8, 4) is 0 Å². The average Bonchev–Trinajstić information content (AvgIpc) is 3.18. The van der Waals surface area contributed by atoms with Crippen molar-refractivity contribution >= 4 is 5.69 Å². The van der Waals surface area contributed by atoms with E-state index in [1.807, 2.05) is 19.1 Å². The summed E-state index contributed by atoms with van der Waals surface area (Å²) >= 11 is 0. The van der Waals surface area contributed by atoms with Crippen molar-refractivity contribution in [1.82, 2.24) is 0 Å². The van der Waals surface area contributed by atoms with E-state index in [0.29, 0.717) is 6.04 Å². The number of aryl methyl sites for hydroxylation is 1. The Morgan fingerprint density at radius 2 is 1.94 bits per heavy atom. The summed E-state index contributed by atoms with van der Waals surface area (Å²) in [4.78, 5) is 0. The van der Waals surface area contributed by atoms with Crippen LogP contribution in [0.1, 0.15) is 44.1 Å². The number of hydrogen-bond donors (Lipinski definition) is 1. The summed E-state index contributed by atoms with van der Waals surface area (Å²) in [6.07, 6.45) is 8.13. The van der Waals surface area contributed by atoms with Crippen molar-refractivity contribution < 1.29 is 4.39 Å². The number of rotatable bonds is 3. The van der Waals surface area contributed by atoms with Gasteiger partial charge in [-0.25, -0.2) is 4.39 Å². The van der Waals surface area contributed by atoms with E-state index in [0.717, 1.165) is 23.1 Å². The molecule has 98 valence electrons. The Morgan fingerprint density at radius 1 is 1.11 bits per heavy atom. The van der Waals surface area contributed by atoms with Gasteiger partial charge in [-0.3, -0.25) is 0 Å². The highest BCUT2D eigenvalue weighted by molar-refractivity contribution is 5.46. The first-order valence-corrected chi connectivity index (χ1v) is 7.25. The molecule has 2 saturated carbocycles. The summed E-state index contributed by atoms with van der Waals surface area (Å²) < 4.78 is 13.5. The van der Waals surface area contributed by atoms with Crippen molar-refractivity contribution in [1.29, 1.82) is 0 Å². The van der Waals surface area contributed by atoms with Gasteiger partial charge in [-0.05, 0) is 62.1 Å². The van der Waals surface area contributed by atoms with Crippen LogP contribution in [-0.4, -0.2) is 6.04 Å². The third kappa shape index (κ3) is 2.68. The topological polar surface area (TPSA) is 12.0 Å². The maximum Gasteiger partial charge on any atom is 0.128 e. The molecule has 2 fully saturated rings. The quantitative estimate of drug-likeness (QED) is 0.828. The molecule has 2 aliphatic carbocycles. The number of nitrogens with one attached hydrogen (secondary N) is 1. The summed E-state index contributed by atoms with van der Waals surface area (Å²) in [6.45, 7) is 1.81. The standard InChI is InChI=1S/C16H22FN/c1-11-5-8-15(10-16(11)17)18-14-4-2-3-13(9-14)12-6-7-12/h5,8,10,12-14,18H,2-4,6-7,9H2,1H3. The molecule has 0 heterocycles. The minimum atomic E-state index is -0.102. The highest BCUT2D eigenvalue weighted by atomic mass is 19.1. The monoisotopic (exact) mass is 247 g/mol. The number of anilines is 1. The fourth-order valence-corrected chi connectivity index (χ4v) is 3.27. The summed E-state index contributed by atoms with van der Waals surface area (Å²) in [6, 6.07) is 6.04. The highest BCUT2D eigenvalue weighted by Gasteiger charge is 2.34. The Kier molecular flexibility index (Phi) is 3.27. The highest BCUT2D eigenvalue weighted by Crippen LogP contribution is 2.44. The molecule has 0 saturated heterocycles. The van der Waals surface area contributed by atoms with Crippen LogP contribution in [0.4, 0.5) is 10.1 Å². The van der Waals surface area contributed by atoms with Crippen molar-refractivity contribution in [3.63, 3.8) is 0 Å². The molecule has 0 radical (unpaired) electrons. The molecule has 0 spiro atoms.